The van der Waals surface area contributed by atoms with E-state index in [0.29, 0.717) is 17.2 Å². The number of likely N-dealkylation sites (tertiary alicyclic amines) is 1. The molecule has 4 rings (SSSR count). The lowest BCUT2D eigenvalue weighted by molar-refractivity contribution is -0.121. The molecule has 2 heterocycles. The van der Waals surface area contributed by atoms with Gasteiger partial charge in [0.1, 0.15) is 0 Å². The molecule has 7 heteroatoms. The van der Waals surface area contributed by atoms with Gasteiger partial charge in [-0.05, 0) is 24.0 Å². The van der Waals surface area contributed by atoms with E-state index in [0.717, 1.165) is 38.0 Å². The van der Waals surface area contributed by atoms with Gasteiger partial charge in [-0.1, -0.05) is 60.7 Å². The van der Waals surface area contributed by atoms with E-state index < -0.39 is 0 Å². The van der Waals surface area contributed by atoms with E-state index in [1.165, 1.54) is 16.9 Å². The van der Waals surface area contributed by atoms with Gasteiger partial charge in [0.2, 0.25) is 11.8 Å². The summed E-state index contributed by atoms with van der Waals surface area (Å²) in [5.74, 6) is -0.122. The smallest absolute Gasteiger partial charge is 0.230 e. The van der Waals surface area contributed by atoms with Crippen LogP contribution in [0.3, 0.4) is 0 Å². The fraction of sp³-hybridized carbons (Fsp3) is 0.320. The first kappa shape index (κ1) is 22.2. The number of rotatable bonds is 8. The molecule has 0 atom stereocenters. The van der Waals surface area contributed by atoms with Gasteiger partial charge in [-0.3, -0.25) is 14.5 Å². The molecule has 0 bridgehead atoms. The molecule has 0 radical (unpaired) electrons. The maximum atomic E-state index is 12.5. The molecule has 0 aliphatic carbocycles. The summed E-state index contributed by atoms with van der Waals surface area (Å²) >= 11 is 1.35. The van der Waals surface area contributed by atoms with Gasteiger partial charge in [0.25, 0.3) is 0 Å². The molecular formula is C25H28N4O2S. The zero-order valence-electron chi connectivity index (χ0n) is 18.0. The molecule has 1 aliphatic rings. The van der Waals surface area contributed by atoms with Gasteiger partial charge >= 0.3 is 0 Å². The van der Waals surface area contributed by atoms with Crippen molar-refractivity contribution in [3.8, 4) is 0 Å². The maximum absolute atomic E-state index is 12.5. The van der Waals surface area contributed by atoms with Crippen LogP contribution in [-0.2, 0) is 29.0 Å². The van der Waals surface area contributed by atoms with E-state index in [-0.39, 0.29) is 24.3 Å². The Morgan fingerprint density at radius 2 is 1.56 bits per heavy atom. The molecule has 0 unspecified atom stereocenters. The average molecular weight is 449 g/mol. The number of carbonyl (C=O) groups excluding carboxylic acids is 2. The number of anilines is 1. The summed E-state index contributed by atoms with van der Waals surface area (Å²) in [4.78, 5) is 31.5. The van der Waals surface area contributed by atoms with Crippen molar-refractivity contribution < 1.29 is 9.59 Å². The van der Waals surface area contributed by atoms with Crippen LogP contribution in [0.15, 0.2) is 66.0 Å². The van der Waals surface area contributed by atoms with Crippen LogP contribution in [-0.4, -0.2) is 40.8 Å². The second kappa shape index (κ2) is 11.0. The Hall–Kier alpha value is -3.03. The van der Waals surface area contributed by atoms with Crippen molar-refractivity contribution in [2.24, 2.45) is 0 Å². The number of benzene rings is 2. The van der Waals surface area contributed by atoms with Gasteiger partial charge in [-0.2, -0.15) is 0 Å². The number of thiazole rings is 1. The third-order valence-electron chi connectivity index (χ3n) is 5.55. The summed E-state index contributed by atoms with van der Waals surface area (Å²) < 4.78 is 0. The Bertz CT molecular complexity index is 1010. The summed E-state index contributed by atoms with van der Waals surface area (Å²) in [6.07, 6.45) is 2.45. The van der Waals surface area contributed by atoms with Crippen LogP contribution in [0.4, 0.5) is 5.13 Å². The van der Waals surface area contributed by atoms with Crippen molar-refractivity contribution in [1.82, 2.24) is 15.2 Å². The van der Waals surface area contributed by atoms with E-state index in [1.807, 2.05) is 41.8 Å². The number of piperidine rings is 1. The van der Waals surface area contributed by atoms with Crippen LogP contribution >= 0.6 is 11.3 Å². The highest BCUT2D eigenvalue weighted by Gasteiger charge is 2.21. The summed E-state index contributed by atoms with van der Waals surface area (Å²) in [6, 6.07) is 20.3. The summed E-state index contributed by atoms with van der Waals surface area (Å²) in [5, 5.41) is 8.33. The molecule has 2 N–H and O–H groups in total. The predicted octanol–water partition coefficient (Wildman–Crippen LogP) is 3.65. The molecule has 2 aromatic carbocycles. The number of hydrogen-bond donors (Lipinski definition) is 2. The Morgan fingerprint density at radius 1 is 0.906 bits per heavy atom. The number of amides is 2. The van der Waals surface area contributed by atoms with Crippen LogP contribution in [0, 0.1) is 0 Å². The fourth-order valence-electron chi connectivity index (χ4n) is 3.91. The average Bonchev–Trinajstić information content (AvgIpc) is 3.22. The van der Waals surface area contributed by atoms with Gasteiger partial charge in [-0.25, -0.2) is 4.98 Å². The maximum Gasteiger partial charge on any atom is 0.230 e. The molecule has 1 saturated heterocycles. The first-order chi connectivity index (χ1) is 15.6. The minimum atomic E-state index is -0.108. The van der Waals surface area contributed by atoms with E-state index in [9.17, 15) is 9.59 Å². The summed E-state index contributed by atoms with van der Waals surface area (Å²) in [5.41, 5.74) is 2.96. The van der Waals surface area contributed by atoms with Gasteiger partial charge in [-0.15, -0.1) is 11.3 Å². The van der Waals surface area contributed by atoms with Crippen LogP contribution in [0.25, 0.3) is 0 Å². The highest BCUT2D eigenvalue weighted by atomic mass is 32.1. The van der Waals surface area contributed by atoms with Crippen molar-refractivity contribution in [2.75, 3.05) is 18.4 Å². The van der Waals surface area contributed by atoms with E-state index in [2.05, 4.69) is 44.8 Å². The Kier molecular flexibility index (Phi) is 7.64. The largest absolute Gasteiger partial charge is 0.353 e. The van der Waals surface area contributed by atoms with Crippen molar-refractivity contribution >= 4 is 28.3 Å². The molecule has 2 amide bonds. The molecule has 6 nitrogen and oxygen atoms in total. The molecule has 0 spiro atoms. The van der Waals surface area contributed by atoms with Crippen molar-refractivity contribution in [2.45, 2.75) is 38.3 Å². The second-order valence-corrected chi connectivity index (χ2v) is 8.99. The van der Waals surface area contributed by atoms with E-state index in [4.69, 9.17) is 0 Å². The zero-order chi connectivity index (χ0) is 22.2. The number of aromatic nitrogens is 1. The van der Waals surface area contributed by atoms with E-state index in [1.54, 1.807) is 0 Å². The number of hydrogen-bond acceptors (Lipinski definition) is 5. The minimum absolute atomic E-state index is 0.0148. The van der Waals surface area contributed by atoms with Crippen LogP contribution in [0.1, 0.15) is 29.7 Å². The fourth-order valence-corrected chi connectivity index (χ4v) is 4.64. The van der Waals surface area contributed by atoms with Crippen molar-refractivity contribution in [1.29, 1.82) is 0 Å². The number of nitrogens with one attached hydrogen (secondary N) is 2. The van der Waals surface area contributed by atoms with Gasteiger partial charge < -0.3 is 10.6 Å². The first-order valence-corrected chi connectivity index (χ1v) is 11.9. The van der Waals surface area contributed by atoms with Gasteiger partial charge in [0, 0.05) is 31.1 Å². The Balaban J connectivity index is 1.18. The lowest BCUT2D eigenvalue weighted by atomic mass is 10.0. The highest BCUT2D eigenvalue weighted by molar-refractivity contribution is 7.13. The zero-order valence-corrected chi connectivity index (χ0v) is 18.8. The monoisotopic (exact) mass is 448 g/mol. The molecule has 1 aromatic heterocycles. The third kappa shape index (κ3) is 6.73. The first-order valence-electron chi connectivity index (χ1n) is 11.0. The summed E-state index contributed by atoms with van der Waals surface area (Å²) in [7, 11) is 0. The predicted molar refractivity (Wildman–Crippen MR) is 127 cm³/mol. The standard InChI is InChI=1S/C25H28N4O2S/c30-23(15-19-7-3-1-4-8-19)28-25-27-22(18-32-25)16-24(31)26-21-11-13-29(14-12-21)17-20-9-5-2-6-10-20/h1-10,18,21H,11-17H2,(H,26,31)(H,27,28,30). The molecule has 3 aromatic rings. The Labute approximate surface area is 192 Å². The van der Waals surface area contributed by atoms with Gasteiger partial charge in [0.05, 0.1) is 18.5 Å². The van der Waals surface area contributed by atoms with Crippen molar-refractivity contribution in [3.05, 3.63) is 82.9 Å². The lowest BCUT2D eigenvalue weighted by Gasteiger charge is -2.32. The number of carbonyl (C=O) groups is 2. The molecule has 1 fully saturated rings. The normalized spacial score (nSPS) is 14.8. The quantitative estimate of drug-likeness (QED) is 0.552. The lowest BCUT2D eigenvalue weighted by Crippen LogP contribution is -2.44. The molecule has 0 saturated carbocycles. The van der Waals surface area contributed by atoms with Gasteiger partial charge in [0.15, 0.2) is 5.13 Å². The van der Waals surface area contributed by atoms with E-state index >= 15 is 0 Å². The summed E-state index contributed by atoms with van der Waals surface area (Å²) in [6.45, 7) is 2.92. The van der Waals surface area contributed by atoms with Crippen LogP contribution in [0.2, 0.25) is 0 Å². The second-order valence-electron chi connectivity index (χ2n) is 8.13. The molecule has 1 aliphatic heterocycles. The van der Waals surface area contributed by atoms with Crippen LogP contribution in [0.5, 0.6) is 0 Å². The minimum Gasteiger partial charge on any atom is -0.353 e. The topological polar surface area (TPSA) is 74.3 Å². The Morgan fingerprint density at radius 3 is 2.25 bits per heavy atom. The third-order valence-corrected chi connectivity index (χ3v) is 6.36. The molecule has 32 heavy (non-hydrogen) atoms. The number of nitrogens with zero attached hydrogens (tertiary/aromatic N) is 2. The molecular weight excluding hydrogens is 420 g/mol. The van der Waals surface area contributed by atoms with Crippen LogP contribution < -0.4 is 10.6 Å². The SMILES string of the molecule is O=C(Cc1ccccc1)Nc1nc(CC(=O)NC2CCN(Cc3ccccc3)CC2)cs1. The highest BCUT2D eigenvalue weighted by Crippen LogP contribution is 2.17. The molecule has 166 valence electrons. The van der Waals surface area contributed by atoms with Crippen molar-refractivity contribution in [3.63, 3.8) is 0 Å².